The zero-order chi connectivity index (χ0) is 16.8. The molecule has 1 aliphatic heterocycles. The molecule has 1 aromatic carbocycles. The fraction of sp³-hybridized carbons (Fsp3) is 0.529. The molecule has 0 bridgehead atoms. The number of carbonyl (C=O) groups excluding carboxylic acids is 2. The van der Waals surface area contributed by atoms with E-state index in [-0.39, 0.29) is 17.8 Å². The zero-order valence-corrected chi connectivity index (χ0v) is 13.8. The van der Waals surface area contributed by atoms with Crippen LogP contribution in [0.4, 0.5) is 0 Å². The fourth-order valence-electron chi connectivity index (χ4n) is 2.84. The van der Waals surface area contributed by atoms with Gasteiger partial charge < -0.3 is 19.1 Å². The van der Waals surface area contributed by atoms with Gasteiger partial charge in [-0.3, -0.25) is 9.59 Å². The topological polar surface area (TPSA) is 65.1 Å². The van der Waals surface area contributed by atoms with E-state index in [9.17, 15) is 9.59 Å². The lowest BCUT2D eigenvalue weighted by Crippen LogP contribution is -2.42. The van der Waals surface area contributed by atoms with Crippen LogP contribution in [0.5, 0.6) is 11.5 Å². The Morgan fingerprint density at radius 2 is 2.04 bits per heavy atom. The molecule has 1 aromatic rings. The summed E-state index contributed by atoms with van der Waals surface area (Å²) >= 11 is 0. The van der Waals surface area contributed by atoms with Gasteiger partial charge in [0.15, 0.2) is 11.5 Å². The minimum Gasteiger partial charge on any atom is -0.493 e. The van der Waals surface area contributed by atoms with Crippen molar-refractivity contribution in [3.8, 4) is 11.5 Å². The van der Waals surface area contributed by atoms with Gasteiger partial charge >= 0.3 is 5.97 Å². The molecular weight excluding hydrogens is 298 g/mol. The van der Waals surface area contributed by atoms with Gasteiger partial charge in [0.05, 0.1) is 32.3 Å². The number of carbonyl (C=O) groups is 2. The van der Waals surface area contributed by atoms with Crippen molar-refractivity contribution in [3.05, 3.63) is 23.8 Å². The van der Waals surface area contributed by atoms with Crippen molar-refractivity contribution in [2.75, 3.05) is 33.9 Å². The molecule has 0 spiro atoms. The van der Waals surface area contributed by atoms with E-state index in [1.54, 1.807) is 30.0 Å². The second-order valence-corrected chi connectivity index (χ2v) is 5.38. The molecule has 0 saturated carbocycles. The number of methoxy groups -OCH3 is 2. The zero-order valence-electron chi connectivity index (χ0n) is 13.8. The molecule has 6 nitrogen and oxygen atoms in total. The van der Waals surface area contributed by atoms with Crippen LogP contribution in [0, 0.1) is 5.92 Å². The molecule has 6 heteroatoms. The average Bonchev–Trinajstić information content (AvgIpc) is 2.60. The molecule has 1 aliphatic rings. The predicted molar refractivity (Wildman–Crippen MR) is 84.8 cm³/mol. The van der Waals surface area contributed by atoms with Crippen LogP contribution in [0.3, 0.4) is 0 Å². The van der Waals surface area contributed by atoms with Crippen molar-refractivity contribution in [2.45, 2.75) is 19.8 Å². The molecule has 0 aromatic heterocycles. The molecule has 1 atom stereocenters. The highest BCUT2D eigenvalue weighted by atomic mass is 16.5. The van der Waals surface area contributed by atoms with Crippen molar-refractivity contribution in [3.63, 3.8) is 0 Å². The molecule has 1 amide bonds. The average molecular weight is 321 g/mol. The Hall–Kier alpha value is -2.24. The fourth-order valence-corrected chi connectivity index (χ4v) is 2.84. The smallest absolute Gasteiger partial charge is 0.310 e. The monoisotopic (exact) mass is 321 g/mol. The number of benzene rings is 1. The van der Waals surface area contributed by atoms with Crippen LogP contribution in [-0.4, -0.2) is 50.7 Å². The summed E-state index contributed by atoms with van der Waals surface area (Å²) in [4.78, 5) is 26.4. The molecular formula is C17H23NO5. The maximum atomic E-state index is 12.8. The molecule has 23 heavy (non-hydrogen) atoms. The van der Waals surface area contributed by atoms with E-state index in [1.165, 1.54) is 14.2 Å². The third-order valence-electron chi connectivity index (χ3n) is 3.96. The number of ether oxygens (including phenoxy) is 3. The summed E-state index contributed by atoms with van der Waals surface area (Å²) in [5.74, 6) is 0.275. The van der Waals surface area contributed by atoms with Crippen molar-refractivity contribution in [2.24, 2.45) is 5.92 Å². The van der Waals surface area contributed by atoms with Crippen LogP contribution >= 0.6 is 0 Å². The van der Waals surface area contributed by atoms with Crippen LogP contribution in [0.2, 0.25) is 0 Å². The molecule has 0 aliphatic carbocycles. The second-order valence-electron chi connectivity index (χ2n) is 5.38. The Kier molecular flexibility index (Phi) is 5.84. The highest BCUT2D eigenvalue weighted by Crippen LogP contribution is 2.32. The van der Waals surface area contributed by atoms with E-state index in [1.807, 2.05) is 0 Å². The molecule has 0 radical (unpaired) electrons. The summed E-state index contributed by atoms with van der Waals surface area (Å²) in [5.41, 5.74) is 0.441. The number of nitrogens with zero attached hydrogens (tertiary/aromatic N) is 1. The van der Waals surface area contributed by atoms with Gasteiger partial charge in [-0.1, -0.05) is 6.07 Å². The van der Waals surface area contributed by atoms with E-state index >= 15 is 0 Å². The maximum Gasteiger partial charge on any atom is 0.310 e. The van der Waals surface area contributed by atoms with E-state index in [4.69, 9.17) is 14.2 Å². The standard InChI is InChI=1S/C17H23NO5/c1-4-23-17(20)12-7-6-10-18(11-12)16(19)13-8-5-9-14(21-2)15(13)22-3/h5,8-9,12H,4,6-7,10-11H2,1-3H3/t12-/m1/s1. The largest absolute Gasteiger partial charge is 0.493 e. The first-order valence-corrected chi connectivity index (χ1v) is 7.79. The maximum absolute atomic E-state index is 12.8. The first-order valence-electron chi connectivity index (χ1n) is 7.79. The number of hydrogen-bond acceptors (Lipinski definition) is 5. The Bertz CT molecular complexity index is 572. The summed E-state index contributed by atoms with van der Waals surface area (Å²) in [6, 6.07) is 5.20. The van der Waals surface area contributed by atoms with Gasteiger partial charge in [-0.05, 0) is 31.9 Å². The Morgan fingerprint density at radius 1 is 1.26 bits per heavy atom. The van der Waals surface area contributed by atoms with E-state index in [2.05, 4.69) is 0 Å². The van der Waals surface area contributed by atoms with Crippen LogP contribution < -0.4 is 9.47 Å². The summed E-state index contributed by atoms with van der Waals surface area (Å²) in [5, 5.41) is 0. The highest BCUT2D eigenvalue weighted by molar-refractivity contribution is 5.98. The first-order chi connectivity index (χ1) is 11.1. The molecule has 0 N–H and O–H groups in total. The van der Waals surface area contributed by atoms with Gasteiger partial charge in [0.2, 0.25) is 0 Å². The van der Waals surface area contributed by atoms with Crippen molar-refractivity contribution in [1.82, 2.24) is 4.90 Å². The molecule has 1 fully saturated rings. The number of rotatable bonds is 5. The lowest BCUT2D eigenvalue weighted by molar-refractivity contribution is -0.149. The summed E-state index contributed by atoms with van der Waals surface area (Å²) in [6.45, 7) is 3.13. The predicted octanol–water partition coefficient (Wildman–Crippen LogP) is 2.12. The number of hydrogen-bond donors (Lipinski definition) is 0. The Morgan fingerprint density at radius 3 is 2.70 bits per heavy atom. The van der Waals surface area contributed by atoms with Crippen molar-refractivity contribution >= 4 is 11.9 Å². The normalized spacial score (nSPS) is 17.5. The SMILES string of the molecule is CCOC(=O)[C@@H]1CCCN(C(=O)c2cccc(OC)c2OC)C1. The van der Waals surface area contributed by atoms with Crippen LogP contribution in [0.15, 0.2) is 18.2 Å². The number of esters is 1. The van der Waals surface area contributed by atoms with Gasteiger partial charge in [0, 0.05) is 13.1 Å². The second kappa shape index (κ2) is 7.85. The van der Waals surface area contributed by atoms with Crippen LogP contribution in [-0.2, 0) is 9.53 Å². The summed E-state index contributed by atoms with van der Waals surface area (Å²) in [6.07, 6.45) is 1.53. The molecule has 1 heterocycles. The van der Waals surface area contributed by atoms with Gasteiger partial charge in [-0.25, -0.2) is 0 Å². The third kappa shape index (κ3) is 3.75. The molecule has 1 saturated heterocycles. The van der Waals surface area contributed by atoms with Crippen LogP contribution in [0.1, 0.15) is 30.1 Å². The molecule has 126 valence electrons. The number of piperidine rings is 1. The molecule has 0 unspecified atom stereocenters. The Labute approximate surface area is 136 Å². The van der Waals surface area contributed by atoms with E-state index in [0.717, 1.165) is 12.8 Å². The lowest BCUT2D eigenvalue weighted by Gasteiger charge is -2.32. The van der Waals surface area contributed by atoms with E-state index in [0.29, 0.717) is 36.8 Å². The van der Waals surface area contributed by atoms with Crippen LogP contribution in [0.25, 0.3) is 0 Å². The quantitative estimate of drug-likeness (QED) is 0.777. The van der Waals surface area contributed by atoms with Gasteiger partial charge in [0.1, 0.15) is 0 Å². The minimum atomic E-state index is -0.260. The van der Waals surface area contributed by atoms with Crippen molar-refractivity contribution < 1.29 is 23.8 Å². The van der Waals surface area contributed by atoms with Gasteiger partial charge in [-0.2, -0.15) is 0 Å². The summed E-state index contributed by atoms with van der Waals surface area (Å²) < 4.78 is 15.6. The van der Waals surface area contributed by atoms with Gasteiger partial charge in [-0.15, -0.1) is 0 Å². The highest BCUT2D eigenvalue weighted by Gasteiger charge is 2.31. The first kappa shape index (κ1) is 17.1. The molecule has 2 rings (SSSR count). The lowest BCUT2D eigenvalue weighted by atomic mass is 9.97. The number of likely N-dealkylation sites (tertiary alicyclic amines) is 1. The summed E-state index contributed by atoms with van der Waals surface area (Å²) in [7, 11) is 3.04. The van der Waals surface area contributed by atoms with Crippen molar-refractivity contribution in [1.29, 1.82) is 0 Å². The minimum absolute atomic E-state index is 0.158. The van der Waals surface area contributed by atoms with Gasteiger partial charge in [0.25, 0.3) is 5.91 Å². The third-order valence-corrected chi connectivity index (χ3v) is 3.96. The van der Waals surface area contributed by atoms with E-state index < -0.39 is 0 Å². The number of amides is 1. The number of para-hydroxylation sites is 1. The Balaban J connectivity index is 2.18.